The average molecular weight is 767 g/mol. The molecule has 0 spiro atoms. The van der Waals surface area contributed by atoms with Crippen LogP contribution in [0.5, 0.6) is 0 Å². The third-order valence-electron chi connectivity index (χ3n) is 11.7. The van der Waals surface area contributed by atoms with Crippen molar-refractivity contribution in [3.8, 4) is 0 Å². The van der Waals surface area contributed by atoms with E-state index in [1.54, 1.807) is 0 Å². The summed E-state index contributed by atoms with van der Waals surface area (Å²) < 4.78 is 6.56. The molecule has 0 saturated carbocycles. The van der Waals surface area contributed by atoms with Crippen LogP contribution in [0.1, 0.15) is 220 Å². The molecule has 318 valence electrons. The summed E-state index contributed by atoms with van der Waals surface area (Å²) in [7, 11) is 2.12. The topological polar surface area (TPSA) is 58.6 Å². The molecule has 1 aliphatic rings. The summed E-state index contributed by atoms with van der Waals surface area (Å²) in [6.07, 6.45) is 51.8. The zero-order chi connectivity index (χ0) is 40.1. The van der Waals surface area contributed by atoms with Gasteiger partial charge < -0.3 is 15.0 Å². The second kappa shape index (κ2) is 35.1. The summed E-state index contributed by atoms with van der Waals surface area (Å²) in [5.74, 6) is -0.220. The average Bonchev–Trinajstić information content (AvgIpc) is 3.18. The SMILES string of the molecule is CCCCC/C=C\C/C=C\CCCCCCCCC(CCCCCCCC/C=C\C/C=C\CCCCC)(OC(=O)C1(C)CCN(C)CC1)C(=O)NCCCC. The number of hydrogen-bond acceptors (Lipinski definition) is 4. The van der Waals surface area contributed by atoms with Crippen LogP contribution in [0.15, 0.2) is 48.6 Å². The third-order valence-corrected chi connectivity index (χ3v) is 11.7. The van der Waals surface area contributed by atoms with Crippen molar-refractivity contribution in [1.29, 1.82) is 0 Å². The van der Waals surface area contributed by atoms with E-state index in [1.807, 2.05) is 0 Å². The molecule has 0 aromatic rings. The molecule has 1 saturated heterocycles. The third kappa shape index (κ3) is 26.4. The van der Waals surface area contributed by atoms with Gasteiger partial charge in [-0.3, -0.25) is 9.59 Å². The van der Waals surface area contributed by atoms with Gasteiger partial charge >= 0.3 is 5.97 Å². The first-order valence-electron chi connectivity index (χ1n) is 23.6. The Kier molecular flexibility index (Phi) is 32.4. The van der Waals surface area contributed by atoms with E-state index >= 15 is 0 Å². The molecule has 1 aliphatic heterocycles. The van der Waals surface area contributed by atoms with Crippen molar-refractivity contribution in [2.45, 2.75) is 226 Å². The Bertz CT molecular complexity index is 988. The summed E-state index contributed by atoms with van der Waals surface area (Å²) in [5, 5.41) is 3.22. The molecular formula is C50H90N2O3. The van der Waals surface area contributed by atoms with Crippen LogP contribution in [-0.4, -0.2) is 49.1 Å². The Labute approximate surface area is 342 Å². The van der Waals surface area contributed by atoms with Crippen LogP contribution in [0.25, 0.3) is 0 Å². The molecule has 5 nitrogen and oxygen atoms in total. The van der Waals surface area contributed by atoms with E-state index in [0.29, 0.717) is 19.4 Å². The quantitative estimate of drug-likeness (QED) is 0.0392. The summed E-state index contributed by atoms with van der Waals surface area (Å²) in [4.78, 5) is 30.3. The number of piperidine rings is 1. The van der Waals surface area contributed by atoms with Gasteiger partial charge in [-0.05, 0) is 136 Å². The van der Waals surface area contributed by atoms with Crippen LogP contribution in [0.4, 0.5) is 0 Å². The predicted molar refractivity (Wildman–Crippen MR) is 240 cm³/mol. The maximum atomic E-state index is 14.1. The number of unbranched alkanes of at least 4 members (excludes halogenated alkanes) is 19. The highest BCUT2D eigenvalue weighted by atomic mass is 16.6. The van der Waals surface area contributed by atoms with Crippen LogP contribution < -0.4 is 5.32 Å². The molecule has 0 radical (unpaired) electrons. The fraction of sp³-hybridized carbons (Fsp3) is 0.800. The van der Waals surface area contributed by atoms with Crippen molar-refractivity contribution in [2.75, 3.05) is 26.7 Å². The second-order valence-electron chi connectivity index (χ2n) is 17.0. The fourth-order valence-electron chi connectivity index (χ4n) is 7.45. The van der Waals surface area contributed by atoms with Gasteiger partial charge in [-0.15, -0.1) is 0 Å². The number of rotatable bonds is 36. The van der Waals surface area contributed by atoms with Crippen LogP contribution in [0.2, 0.25) is 0 Å². The van der Waals surface area contributed by atoms with Gasteiger partial charge in [-0.2, -0.15) is 0 Å². The Morgan fingerprint density at radius 1 is 0.564 bits per heavy atom. The lowest BCUT2D eigenvalue weighted by Crippen LogP contribution is -2.53. The Morgan fingerprint density at radius 2 is 0.945 bits per heavy atom. The van der Waals surface area contributed by atoms with Crippen LogP contribution >= 0.6 is 0 Å². The first-order chi connectivity index (χ1) is 26.8. The summed E-state index contributed by atoms with van der Waals surface area (Å²) in [6.45, 7) is 11.1. The van der Waals surface area contributed by atoms with Crippen LogP contribution in [0, 0.1) is 5.41 Å². The van der Waals surface area contributed by atoms with Crippen molar-refractivity contribution >= 4 is 11.9 Å². The number of allylic oxidation sites excluding steroid dienone is 8. The van der Waals surface area contributed by atoms with Crippen molar-refractivity contribution in [2.24, 2.45) is 5.41 Å². The molecule has 1 heterocycles. The second-order valence-corrected chi connectivity index (χ2v) is 17.0. The molecule has 1 amide bonds. The van der Waals surface area contributed by atoms with Gasteiger partial charge in [0.25, 0.3) is 5.91 Å². The Hall–Kier alpha value is -2.14. The number of hydrogen-bond donors (Lipinski definition) is 1. The van der Waals surface area contributed by atoms with Crippen molar-refractivity contribution in [1.82, 2.24) is 10.2 Å². The molecule has 0 aliphatic carbocycles. The van der Waals surface area contributed by atoms with E-state index in [9.17, 15) is 9.59 Å². The minimum absolute atomic E-state index is 0.0592. The van der Waals surface area contributed by atoms with Crippen molar-refractivity contribution in [3.63, 3.8) is 0 Å². The van der Waals surface area contributed by atoms with Gasteiger partial charge in [-0.25, -0.2) is 0 Å². The molecule has 55 heavy (non-hydrogen) atoms. The molecular weight excluding hydrogens is 677 g/mol. The van der Waals surface area contributed by atoms with E-state index in [4.69, 9.17) is 4.74 Å². The monoisotopic (exact) mass is 767 g/mol. The van der Waals surface area contributed by atoms with Crippen LogP contribution in [-0.2, 0) is 14.3 Å². The van der Waals surface area contributed by atoms with E-state index < -0.39 is 11.0 Å². The zero-order valence-corrected chi connectivity index (χ0v) is 37.1. The fourth-order valence-corrected chi connectivity index (χ4v) is 7.45. The minimum atomic E-state index is -1.07. The number of esters is 1. The van der Waals surface area contributed by atoms with Crippen LogP contribution in [0.3, 0.4) is 0 Å². The Balaban J connectivity index is 2.65. The van der Waals surface area contributed by atoms with E-state index in [0.717, 1.165) is 90.1 Å². The minimum Gasteiger partial charge on any atom is -0.449 e. The number of carbonyl (C=O) groups excluding carboxylic acids is 2. The largest absolute Gasteiger partial charge is 0.449 e. The first-order valence-corrected chi connectivity index (χ1v) is 23.6. The number of nitrogens with one attached hydrogen (secondary N) is 1. The number of carbonyl (C=O) groups is 2. The number of nitrogens with zero attached hydrogens (tertiary/aromatic N) is 1. The molecule has 1 N–H and O–H groups in total. The maximum absolute atomic E-state index is 14.1. The normalized spacial score (nSPS) is 15.3. The molecule has 1 fully saturated rings. The molecule has 0 atom stereocenters. The maximum Gasteiger partial charge on any atom is 0.312 e. The molecule has 0 aromatic heterocycles. The Morgan fingerprint density at radius 3 is 1.36 bits per heavy atom. The van der Waals surface area contributed by atoms with Gasteiger partial charge in [0.1, 0.15) is 0 Å². The highest BCUT2D eigenvalue weighted by molar-refractivity contribution is 5.89. The van der Waals surface area contributed by atoms with Gasteiger partial charge in [0, 0.05) is 6.54 Å². The van der Waals surface area contributed by atoms with E-state index in [-0.39, 0.29) is 11.9 Å². The molecule has 0 bridgehead atoms. The zero-order valence-electron chi connectivity index (χ0n) is 37.1. The lowest BCUT2D eigenvalue weighted by molar-refractivity contribution is -0.182. The van der Waals surface area contributed by atoms with Gasteiger partial charge in [-0.1, -0.05) is 153 Å². The van der Waals surface area contributed by atoms with E-state index in [2.05, 4.69) is 93.6 Å². The number of likely N-dealkylation sites (tertiary alicyclic amines) is 1. The highest BCUT2D eigenvalue weighted by Gasteiger charge is 2.46. The van der Waals surface area contributed by atoms with Crippen molar-refractivity contribution in [3.05, 3.63) is 48.6 Å². The molecule has 1 rings (SSSR count). The van der Waals surface area contributed by atoms with Gasteiger partial charge in [0.05, 0.1) is 5.41 Å². The smallest absolute Gasteiger partial charge is 0.312 e. The summed E-state index contributed by atoms with van der Waals surface area (Å²) in [6, 6.07) is 0. The molecule has 5 heteroatoms. The van der Waals surface area contributed by atoms with E-state index in [1.165, 1.54) is 103 Å². The van der Waals surface area contributed by atoms with Crippen molar-refractivity contribution < 1.29 is 14.3 Å². The molecule has 0 unspecified atom stereocenters. The van der Waals surface area contributed by atoms with Gasteiger partial charge in [0.15, 0.2) is 5.60 Å². The summed E-state index contributed by atoms with van der Waals surface area (Å²) in [5.41, 5.74) is -1.60. The standard InChI is InChI=1S/C50H90N2O3/c1-6-9-12-14-16-18-20-22-24-26-28-30-32-34-36-38-40-50(47(53)51-44-11-8-3,55-48(54)49(4)42-45-52(5)46-43-49)41-39-37-35-33-31-29-27-25-23-21-19-17-15-13-10-7-2/h16-19,22-25H,6-15,20-21,26-46H2,1-5H3,(H,51,53)/b18-16-,19-17-,24-22-,25-23-. The summed E-state index contributed by atoms with van der Waals surface area (Å²) >= 11 is 0. The van der Waals surface area contributed by atoms with Gasteiger partial charge in [0.2, 0.25) is 0 Å². The number of ether oxygens (including phenoxy) is 1. The predicted octanol–water partition coefficient (Wildman–Crippen LogP) is 14.3. The first kappa shape index (κ1) is 50.9. The lowest BCUT2D eigenvalue weighted by atomic mass is 9.80. The number of amides is 1. The molecule has 0 aromatic carbocycles. The highest BCUT2D eigenvalue weighted by Crippen LogP contribution is 2.36. The lowest BCUT2D eigenvalue weighted by Gasteiger charge is -2.40.